The van der Waals surface area contributed by atoms with Crippen LogP contribution in [0.4, 0.5) is 0 Å². The zero-order chi connectivity index (χ0) is 20.3. The zero-order valence-corrected chi connectivity index (χ0v) is 16.3. The number of nitrogens with one attached hydrogen (secondary N) is 1. The molecular formula is C21H23NO6. The number of rotatable bonds is 7. The third-order valence-electron chi connectivity index (χ3n) is 4.63. The van der Waals surface area contributed by atoms with E-state index in [9.17, 15) is 9.59 Å². The molecule has 148 valence electrons. The van der Waals surface area contributed by atoms with Crippen molar-refractivity contribution in [1.82, 2.24) is 5.32 Å². The molecule has 7 heteroatoms. The normalized spacial score (nSPS) is 12.0. The molecule has 1 N–H and O–H groups in total. The van der Waals surface area contributed by atoms with Crippen molar-refractivity contribution < 1.29 is 23.1 Å². The first-order valence-corrected chi connectivity index (χ1v) is 8.93. The molecule has 0 unspecified atom stereocenters. The van der Waals surface area contributed by atoms with Crippen molar-refractivity contribution >= 4 is 16.9 Å². The van der Waals surface area contributed by atoms with Gasteiger partial charge < -0.3 is 23.6 Å². The number of fused-ring (bicyclic) bond motifs is 1. The Hall–Kier alpha value is -3.22. The Balaban J connectivity index is 1.85. The first-order valence-electron chi connectivity index (χ1n) is 8.93. The van der Waals surface area contributed by atoms with Crippen LogP contribution in [0.3, 0.4) is 0 Å². The van der Waals surface area contributed by atoms with Crippen LogP contribution in [0.1, 0.15) is 23.8 Å². The number of ether oxygens (including phenoxy) is 2. The minimum Gasteiger partial charge on any atom is -0.493 e. The number of amides is 1. The Labute approximate surface area is 162 Å². The largest absolute Gasteiger partial charge is 0.493 e. The average Bonchev–Trinajstić information content (AvgIpc) is 3.16. The fourth-order valence-electron chi connectivity index (χ4n) is 3.24. The Morgan fingerprint density at radius 2 is 2.00 bits per heavy atom. The first kappa shape index (κ1) is 19.5. The van der Waals surface area contributed by atoms with Crippen LogP contribution in [0.5, 0.6) is 11.5 Å². The number of carbonyl (C=O) groups is 1. The van der Waals surface area contributed by atoms with Gasteiger partial charge in [0.25, 0.3) is 0 Å². The summed E-state index contributed by atoms with van der Waals surface area (Å²) in [5.74, 6) is 1.35. The van der Waals surface area contributed by atoms with Crippen LogP contribution in [-0.4, -0.2) is 26.2 Å². The van der Waals surface area contributed by atoms with Crippen LogP contribution in [-0.2, 0) is 17.6 Å². The minimum atomic E-state index is -0.564. The second-order valence-electron chi connectivity index (χ2n) is 6.60. The molecule has 0 bridgehead atoms. The predicted molar refractivity (Wildman–Crippen MR) is 104 cm³/mol. The third-order valence-corrected chi connectivity index (χ3v) is 4.63. The molecule has 3 rings (SSSR count). The lowest BCUT2D eigenvalue weighted by atomic mass is 10.0. The van der Waals surface area contributed by atoms with Gasteiger partial charge in [0.1, 0.15) is 5.76 Å². The van der Waals surface area contributed by atoms with E-state index in [2.05, 4.69) is 5.32 Å². The van der Waals surface area contributed by atoms with E-state index in [-0.39, 0.29) is 18.4 Å². The number of methoxy groups -OCH3 is 2. The molecule has 3 aromatic rings. The summed E-state index contributed by atoms with van der Waals surface area (Å²) in [4.78, 5) is 25.0. The van der Waals surface area contributed by atoms with Gasteiger partial charge in [-0.15, -0.1) is 0 Å². The lowest BCUT2D eigenvalue weighted by Crippen LogP contribution is -2.36. The third kappa shape index (κ3) is 3.88. The summed E-state index contributed by atoms with van der Waals surface area (Å²) < 4.78 is 21.4. The van der Waals surface area contributed by atoms with E-state index in [1.165, 1.54) is 14.2 Å². The lowest BCUT2D eigenvalue weighted by Gasteiger charge is -2.14. The average molecular weight is 385 g/mol. The van der Waals surface area contributed by atoms with E-state index >= 15 is 0 Å². The van der Waals surface area contributed by atoms with Gasteiger partial charge in [0.2, 0.25) is 11.7 Å². The van der Waals surface area contributed by atoms with Crippen LogP contribution in [0.2, 0.25) is 0 Å². The Bertz CT molecular complexity index is 1040. The molecule has 2 heterocycles. The second kappa shape index (κ2) is 8.21. The lowest BCUT2D eigenvalue weighted by molar-refractivity contribution is -0.121. The summed E-state index contributed by atoms with van der Waals surface area (Å²) in [6, 6.07) is 7.05. The van der Waals surface area contributed by atoms with Gasteiger partial charge in [-0.2, -0.15) is 0 Å². The molecule has 7 nitrogen and oxygen atoms in total. The van der Waals surface area contributed by atoms with Crippen molar-refractivity contribution in [2.45, 2.75) is 32.7 Å². The van der Waals surface area contributed by atoms with Crippen molar-refractivity contribution in [2.24, 2.45) is 0 Å². The van der Waals surface area contributed by atoms with Crippen LogP contribution in [0.15, 0.2) is 44.2 Å². The van der Waals surface area contributed by atoms with E-state index in [0.29, 0.717) is 40.0 Å². The van der Waals surface area contributed by atoms with E-state index in [1.54, 1.807) is 31.4 Å². The van der Waals surface area contributed by atoms with Crippen molar-refractivity contribution in [3.8, 4) is 11.5 Å². The van der Waals surface area contributed by atoms with Crippen molar-refractivity contribution in [2.75, 3.05) is 14.2 Å². The highest BCUT2D eigenvalue weighted by Gasteiger charge is 2.20. The smallest absolute Gasteiger partial charge is 0.340 e. The number of benzene rings is 1. The van der Waals surface area contributed by atoms with Crippen LogP contribution in [0.25, 0.3) is 11.0 Å². The molecular weight excluding hydrogens is 362 g/mol. The van der Waals surface area contributed by atoms with Gasteiger partial charge in [-0.25, -0.2) is 4.79 Å². The summed E-state index contributed by atoms with van der Waals surface area (Å²) in [7, 11) is 2.99. The number of carbonyl (C=O) groups excluding carboxylic acids is 1. The monoisotopic (exact) mass is 385 g/mol. The molecule has 0 saturated heterocycles. The maximum absolute atomic E-state index is 12.5. The SMILES string of the molecule is COc1ccc2c(C)c(CC(=O)N[C@H](C)Cc3ccco3)c(=O)oc2c1OC. The highest BCUT2D eigenvalue weighted by molar-refractivity contribution is 5.89. The Morgan fingerprint density at radius 1 is 1.21 bits per heavy atom. The van der Waals surface area contributed by atoms with Gasteiger partial charge in [-0.1, -0.05) is 0 Å². The van der Waals surface area contributed by atoms with E-state index in [4.69, 9.17) is 18.3 Å². The van der Waals surface area contributed by atoms with Crippen LogP contribution >= 0.6 is 0 Å². The summed E-state index contributed by atoms with van der Waals surface area (Å²) in [5, 5.41) is 3.58. The zero-order valence-electron chi connectivity index (χ0n) is 16.3. The van der Waals surface area contributed by atoms with Gasteiger partial charge in [0.05, 0.1) is 32.5 Å². The molecule has 0 aliphatic heterocycles. The maximum atomic E-state index is 12.5. The van der Waals surface area contributed by atoms with E-state index in [1.807, 2.05) is 13.0 Å². The summed E-state index contributed by atoms with van der Waals surface area (Å²) in [5.41, 5.74) is 0.744. The van der Waals surface area contributed by atoms with E-state index < -0.39 is 5.63 Å². The summed E-state index contributed by atoms with van der Waals surface area (Å²) in [6.45, 7) is 3.67. The Morgan fingerprint density at radius 3 is 2.64 bits per heavy atom. The van der Waals surface area contributed by atoms with Gasteiger partial charge in [-0.05, 0) is 43.7 Å². The van der Waals surface area contributed by atoms with Crippen molar-refractivity contribution in [3.05, 3.63) is 57.8 Å². The fourth-order valence-corrected chi connectivity index (χ4v) is 3.24. The molecule has 0 saturated carbocycles. The molecule has 0 aliphatic carbocycles. The minimum absolute atomic E-state index is 0.0685. The topological polar surface area (TPSA) is 90.9 Å². The van der Waals surface area contributed by atoms with Crippen molar-refractivity contribution in [1.29, 1.82) is 0 Å². The molecule has 0 aliphatic rings. The quantitative estimate of drug-likeness (QED) is 0.629. The predicted octanol–water partition coefficient (Wildman–Crippen LogP) is 3.00. The van der Waals surface area contributed by atoms with Crippen LogP contribution in [0, 0.1) is 6.92 Å². The molecule has 0 spiro atoms. The standard InChI is InChI=1S/C21H23NO6/c1-12(10-14-6-5-9-27-14)22-18(23)11-16-13(2)15-7-8-17(25-3)20(26-4)19(15)28-21(16)24/h5-9,12H,10-11H2,1-4H3,(H,22,23)/t12-/m1/s1. The van der Waals surface area contributed by atoms with Gasteiger partial charge in [0, 0.05) is 17.8 Å². The maximum Gasteiger partial charge on any atom is 0.340 e. The summed E-state index contributed by atoms with van der Waals surface area (Å²) >= 11 is 0. The second-order valence-corrected chi connectivity index (χ2v) is 6.60. The summed E-state index contributed by atoms with van der Waals surface area (Å²) in [6.07, 6.45) is 2.10. The molecule has 0 fully saturated rings. The Kier molecular flexibility index (Phi) is 5.73. The molecule has 1 amide bonds. The molecule has 0 radical (unpaired) electrons. The van der Waals surface area contributed by atoms with Crippen molar-refractivity contribution in [3.63, 3.8) is 0 Å². The molecule has 2 aromatic heterocycles. The molecule has 1 aromatic carbocycles. The number of aryl methyl sites for hydroxylation is 1. The van der Waals surface area contributed by atoms with Crippen LogP contribution < -0.4 is 20.4 Å². The molecule has 1 atom stereocenters. The van der Waals surface area contributed by atoms with Gasteiger partial charge >= 0.3 is 5.63 Å². The number of furan rings is 1. The van der Waals surface area contributed by atoms with E-state index in [0.717, 1.165) is 5.76 Å². The fraction of sp³-hybridized carbons (Fsp3) is 0.333. The van der Waals surface area contributed by atoms with Gasteiger partial charge in [0.15, 0.2) is 11.3 Å². The first-order chi connectivity index (χ1) is 13.4. The number of hydrogen-bond acceptors (Lipinski definition) is 6. The highest BCUT2D eigenvalue weighted by Crippen LogP contribution is 2.36. The highest BCUT2D eigenvalue weighted by atomic mass is 16.5. The molecule has 28 heavy (non-hydrogen) atoms. The number of hydrogen-bond donors (Lipinski definition) is 1. The van der Waals surface area contributed by atoms with Gasteiger partial charge in [-0.3, -0.25) is 4.79 Å².